The molecule has 96 valence electrons. The molecule has 0 amide bonds. The third-order valence-corrected chi connectivity index (χ3v) is 4.09. The fraction of sp³-hybridized carbons (Fsp3) is 0.357. The summed E-state index contributed by atoms with van der Waals surface area (Å²) in [5.41, 5.74) is 4.24. The molecule has 0 aliphatic carbocycles. The first-order valence-electron chi connectivity index (χ1n) is 6.08. The molecule has 0 aliphatic heterocycles. The maximum absolute atomic E-state index is 9.20. The molecule has 3 nitrogen and oxygen atoms in total. The van der Waals surface area contributed by atoms with Gasteiger partial charge in [-0.1, -0.05) is 12.1 Å². The average Bonchev–Trinajstić information content (AvgIpc) is 2.78. The van der Waals surface area contributed by atoms with Crippen LogP contribution in [-0.4, -0.2) is 16.6 Å². The van der Waals surface area contributed by atoms with Crippen molar-refractivity contribution in [3.8, 4) is 5.75 Å². The van der Waals surface area contributed by atoms with Gasteiger partial charge in [0.05, 0.1) is 11.2 Å². The highest BCUT2D eigenvalue weighted by atomic mass is 32.1. The van der Waals surface area contributed by atoms with Crippen molar-refractivity contribution in [1.82, 2.24) is 10.3 Å². The molecule has 2 aromatic rings. The second-order valence-electron chi connectivity index (χ2n) is 4.39. The smallest absolute Gasteiger partial charge is 0.115 e. The van der Waals surface area contributed by atoms with Gasteiger partial charge < -0.3 is 10.4 Å². The van der Waals surface area contributed by atoms with Crippen LogP contribution in [0.5, 0.6) is 5.75 Å². The number of aromatic hydroxyl groups is 1. The van der Waals surface area contributed by atoms with Crippen molar-refractivity contribution in [2.24, 2.45) is 0 Å². The van der Waals surface area contributed by atoms with E-state index < -0.39 is 0 Å². The molecule has 2 rings (SSSR count). The summed E-state index contributed by atoms with van der Waals surface area (Å²) in [5, 5.41) is 12.7. The Kier molecular flexibility index (Phi) is 4.33. The van der Waals surface area contributed by atoms with Crippen LogP contribution in [0.1, 0.15) is 29.1 Å². The molecule has 18 heavy (non-hydrogen) atoms. The molecule has 4 heteroatoms. The number of hydrogen-bond acceptors (Lipinski definition) is 4. The van der Waals surface area contributed by atoms with Gasteiger partial charge in [0, 0.05) is 10.9 Å². The minimum absolute atomic E-state index is 0.320. The summed E-state index contributed by atoms with van der Waals surface area (Å²) >= 11 is 1.70. The molecule has 0 spiro atoms. The summed E-state index contributed by atoms with van der Waals surface area (Å²) in [6, 6.07) is 7.71. The molecule has 0 saturated heterocycles. The van der Waals surface area contributed by atoms with E-state index in [2.05, 4.69) is 17.2 Å². The van der Waals surface area contributed by atoms with Crippen LogP contribution in [0.4, 0.5) is 0 Å². The lowest BCUT2D eigenvalue weighted by Crippen LogP contribution is -2.21. The molecule has 0 radical (unpaired) electrons. The Bertz CT molecular complexity index is 493. The highest BCUT2D eigenvalue weighted by Gasteiger charge is 2.09. The van der Waals surface area contributed by atoms with E-state index in [0.29, 0.717) is 11.8 Å². The van der Waals surface area contributed by atoms with E-state index in [9.17, 15) is 5.11 Å². The summed E-state index contributed by atoms with van der Waals surface area (Å²) in [4.78, 5) is 5.57. The third kappa shape index (κ3) is 3.31. The fourth-order valence-corrected chi connectivity index (χ4v) is 2.75. The Labute approximate surface area is 112 Å². The highest BCUT2D eigenvalue weighted by molar-refractivity contribution is 7.09. The monoisotopic (exact) mass is 262 g/mol. The summed E-state index contributed by atoms with van der Waals surface area (Å²) in [6.07, 6.45) is 0.961. The van der Waals surface area contributed by atoms with Gasteiger partial charge in [0.2, 0.25) is 0 Å². The van der Waals surface area contributed by atoms with Crippen LogP contribution in [0.25, 0.3) is 0 Å². The van der Waals surface area contributed by atoms with E-state index >= 15 is 0 Å². The van der Waals surface area contributed by atoms with Gasteiger partial charge in [-0.05, 0) is 44.5 Å². The van der Waals surface area contributed by atoms with E-state index in [4.69, 9.17) is 0 Å². The predicted molar refractivity (Wildman–Crippen MR) is 75.1 cm³/mol. The standard InChI is InChI=1S/C14H18N2OS/c1-10(14-11(2)16-9-18-14)15-8-7-12-3-5-13(17)6-4-12/h3-6,9-10,15,17H,7-8H2,1-2H3. The first-order chi connectivity index (χ1) is 8.66. The molecule has 0 saturated carbocycles. The van der Waals surface area contributed by atoms with E-state index in [-0.39, 0.29) is 0 Å². The zero-order valence-corrected chi connectivity index (χ0v) is 11.5. The zero-order valence-electron chi connectivity index (χ0n) is 10.7. The molecule has 0 aliphatic rings. The average molecular weight is 262 g/mol. The van der Waals surface area contributed by atoms with Crippen LogP contribution < -0.4 is 5.32 Å². The first kappa shape index (κ1) is 13.1. The van der Waals surface area contributed by atoms with Crippen LogP contribution in [0.3, 0.4) is 0 Å². The maximum atomic E-state index is 9.20. The largest absolute Gasteiger partial charge is 0.508 e. The van der Waals surface area contributed by atoms with Crippen LogP contribution in [-0.2, 0) is 6.42 Å². The summed E-state index contributed by atoms with van der Waals surface area (Å²) in [5.74, 6) is 0.320. The Morgan fingerprint density at radius 2 is 2.06 bits per heavy atom. The number of phenolic OH excluding ortho intramolecular Hbond substituents is 1. The predicted octanol–water partition coefficient (Wildman–Crippen LogP) is 3.05. The van der Waals surface area contributed by atoms with Gasteiger partial charge in [-0.3, -0.25) is 0 Å². The highest BCUT2D eigenvalue weighted by Crippen LogP contribution is 2.20. The molecule has 1 aromatic carbocycles. The molecule has 0 bridgehead atoms. The van der Waals surface area contributed by atoms with Gasteiger partial charge in [-0.15, -0.1) is 11.3 Å². The van der Waals surface area contributed by atoms with Crippen molar-refractivity contribution in [2.75, 3.05) is 6.54 Å². The van der Waals surface area contributed by atoms with Crippen LogP contribution in [0.2, 0.25) is 0 Å². The number of aryl methyl sites for hydroxylation is 1. The quantitative estimate of drug-likeness (QED) is 0.870. The summed E-state index contributed by atoms with van der Waals surface area (Å²) in [7, 11) is 0. The second kappa shape index (κ2) is 5.98. The lowest BCUT2D eigenvalue weighted by atomic mass is 10.1. The van der Waals surface area contributed by atoms with Gasteiger partial charge in [0.25, 0.3) is 0 Å². The van der Waals surface area contributed by atoms with Crippen molar-refractivity contribution >= 4 is 11.3 Å². The lowest BCUT2D eigenvalue weighted by Gasteiger charge is -2.12. The van der Waals surface area contributed by atoms with E-state index in [0.717, 1.165) is 18.7 Å². The number of phenols is 1. The van der Waals surface area contributed by atoms with Crippen molar-refractivity contribution in [1.29, 1.82) is 0 Å². The Morgan fingerprint density at radius 3 is 2.67 bits per heavy atom. The normalized spacial score (nSPS) is 12.6. The molecule has 1 atom stereocenters. The van der Waals surface area contributed by atoms with Crippen LogP contribution >= 0.6 is 11.3 Å². The van der Waals surface area contributed by atoms with Crippen LogP contribution in [0, 0.1) is 6.92 Å². The van der Waals surface area contributed by atoms with Crippen LogP contribution in [0.15, 0.2) is 29.8 Å². The van der Waals surface area contributed by atoms with Crippen molar-refractivity contribution in [3.05, 3.63) is 45.9 Å². The van der Waals surface area contributed by atoms with Gasteiger partial charge in [0.1, 0.15) is 5.75 Å². The molecular formula is C14H18N2OS. The molecule has 0 fully saturated rings. The number of aromatic nitrogens is 1. The Morgan fingerprint density at radius 1 is 1.33 bits per heavy atom. The lowest BCUT2D eigenvalue weighted by molar-refractivity contribution is 0.475. The number of thiazole rings is 1. The van der Waals surface area contributed by atoms with Gasteiger partial charge in [0.15, 0.2) is 0 Å². The van der Waals surface area contributed by atoms with Crippen molar-refractivity contribution < 1.29 is 5.11 Å². The number of hydrogen-bond donors (Lipinski definition) is 2. The minimum atomic E-state index is 0.320. The van der Waals surface area contributed by atoms with E-state index in [1.165, 1.54) is 10.4 Å². The summed E-state index contributed by atoms with van der Waals surface area (Å²) < 4.78 is 0. The number of nitrogens with zero attached hydrogens (tertiary/aromatic N) is 1. The Hall–Kier alpha value is -1.39. The minimum Gasteiger partial charge on any atom is -0.508 e. The number of rotatable bonds is 5. The molecule has 1 heterocycles. The number of benzene rings is 1. The van der Waals surface area contributed by atoms with Gasteiger partial charge in [-0.25, -0.2) is 4.98 Å². The van der Waals surface area contributed by atoms with E-state index in [1.54, 1.807) is 23.5 Å². The zero-order chi connectivity index (χ0) is 13.0. The molecule has 1 aromatic heterocycles. The molecule has 1 unspecified atom stereocenters. The van der Waals surface area contributed by atoms with Gasteiger partial charge in [-0.2, -0.15) is 0 Å². The van der Waals surface area contributed by atoms with Crippen molar-refractivity contribution in [3.63, 3.8) is 0 Å². The molecule has 2 N–H and O–H groups in total. The van der Waals surface area contributed by atoms with Gasteiger partial charge >= 0.3 is 0 Å². The second-order valence-corrected chi connectivity index (χ2v) is 5.28. The fourth-order valence-electron chi connectivity index (χ4n) is 1.91. The number of nitrogens with one attached hydrogen (secondary N) is 1. The Balaban J connectivity index is 1.82. The first-order valence-corrected chi connectivity index (χ1v) is 6.96. The van der Waals surface area contributed by atoms with Crippen molar-refractivity contribution in [2.45, 2.75) is 26.3 Å². The third-order valence-electron chi connectivity index (χ3n) is 2.98. The van der Waals surface area contributed by atoms with E-state index in [1.807, 2.05) is 24.6 Å². The summed E-state index contributed by atoms with van der Waals surface area (Å²) in [6.45, 7) is 5.13. The topological polar surface area (TPSA) is 45.2 Å². The maximum Gasteiger partial charge on any atom is 0.115 e. The SMILES string of the molecule is Cc1ncsc1C(C)NCCc1ccc(O)cc1. The molecular weight excluding hydrogens is 244 g/mol.